The molecule has 0 aliphatic heterocycles. The summed E-state index contributed by atoms with van der Waals surface area (Å²) < 4.78 is 5.06. The molecule has 1 unspecified atom stereocenters. The van der Waals surface area contributed by atoms with Crippen molar-refractivity contribution in [3.63, 3.8) is 0 Å². The lowest BCUT2D eigenvalue weighted by atomic mass is 9.99. The molecular weight excluding hydrogens is 206 g/mol. The SMILES string of the molecule is COCCN(C(C)C1CC1)C(C)(C)C(=O)O. The predicted molar refractivity (Wildman–Crippen MR) is 62.5 cm³/mol. The van der Waals surface area contributed by atoms with Crippen LogP contribution in [0.1, 0.15) is 33.6 Å². The van der Waals surface area contributed by atoms with Crippen molar-refractivity contribution in [2.24, 2.45) is 5.92 Å². The average molecular weight is 229 g/mol. The van der Waals surface area contributed by atoms with Gasteiger partial charge >= 0.3 is 5.97 Å². The van der Waals surface area contributed by atoms with Crippen LogP contribution in [0.4, 0.5) is 0 Å². The van der Waals surface area contributed by atoms with E-state index in [1.165, 1.54) is 12.8 Å². The molecule has 0 aromatic rings. The number of hydrogen-bond donors (Lipinski definition) is 1. The van der Waals surface area contributed by atoms with Gasteiger partial charge in [0.05, 0.1) is 6.61 Å². The summed E-state index contributed by atoms with van der Waals surface area (Å²) in [6.45, 7) is 6.91. The van der Waals surface area contributed by atoms with Crippen LogP contribution >= 0.6 is 0 Å². The van der Waals surface area contributed by atoms with Crippen LogP contribution in [0.5, 0.6) is 0 Å². The number of carboxylic acids is 1. The van der Waals surface area contributed by atoms with Gasteiger partial charge in [0.25, 0.3) is 0 Å². The van der Waals surface area contributed by atoms with E-state index >= 15 is 0 Å². The van der Waals surface area contributed by atoms with Gasteiger partial charge in [0.2, 0.25) is 0 Å². The van der Waals surface area contributed by atoms with Gasteiger partial charge in [0, 0.05) is 19.7 Å². The molecule has 0 aromatic carbocycles. The smallest absolute Gasteiger partial charge is 0.323 e. The van der Waals surface area contributed by atoms with Gasteiger partial charge in [-0.15, -0.1) is 0 Å². The number of aliphatic carboxylic acids is 1. The Morgan fingerprint density at radius 1 is 1.56 bits per heavy atom. The largest absolute Gasteiger partial charge is 0.480 e. The van der Waals surface area contributed by atoms with Crippen LogP contribution in [0.3, 0.4) is 0 Å². The highest BCUT2D eigenvalue weighted by molar-refractivity contribution is 5.77. The van der Waals surface area contributed by atoms with E-state index in [0.717, 1.165) is 0 Å². The van der Waals surface area contributed by atoms with E-state index in [1.54, 1.807) is 21.0 Å². The molecule has 1 rings (SSSR count). The lowest BCUT2D eigenvalue weighted by molar-refractivity contribution is -0.151. The summed E-state index contributed by atoms with van der Waals surface area (Å²) >= 11 is 0. The minimum absolute atomic E-state index is 0.321. The van der Waals surface area contributed by atoms with Gasteiger partial charge in [-0.25, -0.2) is 0 Å². The van der Waals surface area contributed by atoms with E-state index in [9.17, 15) is 9.90 Å². The zero-order valence-corrected chi connectivity index (χ0v) is 10.7. The molecule has 0 heterocycles. The van der Waals surface area contributed by atoms with E-state index < -0.39 is 11.5 Å². The molecule has 16 heavy (non-hydrogen) atoms. The summed E-state index contributed by atoms with van der Waals surface area (Å²) in [6.07, 6.45) is 2.45. The lowest BCUT2D eigenvalue weighted by Crippen LogP contribution is -2.55. The molecule has 1 aliphatic rings. The Morgan fingerprint density at radius 3 is 2.50 bits per heavy atom. The first kappa shape index (κ1) is 13.5. The summed E-state index contributed by atoms with van der Waals surface area (Å²) in [4.78, 5) is 13.3. The monoisotopic (exact) mass is 229 g/mol. The fourth-order valence-electron chi connectivity index (χ4n) is 2.14. The second-order valence-corrected chi connectivity index (χ2v) is 5.13. The summed E-state index contributed by atoms with van der Waals surface area (Å²) in [6, 6.07) is 0.321. The number of methoxy groups -OCH3 is 1. The molecule has 4 nitrogen and oxygen atoms in total. The summed E-state index contributed by atoms with van der Waals surface area (Å²) in [7, 11) is 1.65. The maximum Gasteiger partial charge on any atom is 0.323 e. The molecule has 1 fully saturated rings. The maximum atomic E-state index is 11.3. The highest BCUT2D eigenvalue weighted by Crippen LogP contribution is 2.37. The molecular formula is C12H23NO3. The fraction of sp³-hybridized carbons (Fsp3) is 0.917. The van der Waals surface area contributed by atoms with Crippen LogP contribution in [0.15, 0.2) is 0 Å². The first-order valence-electron chi connectivity index (χ1n) is 5.90. The van der Waals surface area contributed by atoms with E-state index in [0.29, 0.717) is 25.1 Å². The minimum atomic E-state index is -0.819. The zero-order chi connectivity index (χ0) is 12.3. The van der Waals surface area contributed by atoms with E-state index in [-0.39, 0.29) is 0 Å². The Labute approximate surface area is 97.6 Å². The maximum absolute atomic E-state index is 11.3. The molecule has 94 valence electrons. The number of hydrogen-bond acceptors (Lipinski definition) is 3. The molecule has 1 aliphatic carbocycles. The second-order valence-electron chi connectivity index (χ2n) is 5.13. The van der Waals surface area contributed by atoms with Gasteiger partial charge in [-0.3, -0.25) is 9.69 Å². The van der Waals surface area contributed by atoms with Gasteiger partial charge in [0.15, 0.2) is 0 Å². The first-order chi connectivity index (χ1) is 7.41. The Bertz CT molecular complexity index is 249. The predicted octanol–water partition coefficient (Wildman–Crippen LogP) is 1.60. The van der Waals surface area contributed by atoms with Gasteiger partial charge in [-0.05, 0) is 39.5 Å². The number of carbonyl (C=O) groups is 1. The van der Waals surface area contributed by atoms with Gasteiger partial charge in [-0.2, -0.15) is 0 Å². The molecule has 1 saturated carbocycles. The van der Waals surface area contributed by atoms with E-state index in [4.69, 9.17) is 4.74 Å². The van der Waals surface area contributed by atoms with Crippen molar-refractivity contribution in [3.8, 4) is 0 Å². The average Bonchev–Trinajstić information content (AvgIpc) is 3.00. The minimum Gasteiger partial charge on any atom is -0.480 e. The van der Waals surface area contributed by atoms with E-state index in [2.05, 4.69) is 11.8 Å². The van der Waals surface area contributed by atoms with Crippen LogP contribution in [0, 0.1) is 5.92 Å². The molecule has 0 radical (unpaired) electrons. The van der Waals surface area contributed by atoms with Crippen molar-refractivity contribution < 1.29 is 14.6 Å². The highest BCUT2D eigenvalue weighted by Gasteiger charge is 2.42. The molecule has 1 atom stereocenters. The molecule has 1 N–H and O–H groups in total. The van der Waals surface area contributed by atoms with Crippen LogP contribution in [-0.4, -0.2) is 47.8 Å². The Kier molecular flexibility index (Phi) is 4.33. The van der Waals surface area contributed by atoms with Crippen LogP contribution in [-0.2, 0) is 9.53 Å². The Balaban J connectivity index is 2.72. The standard InChI is InChI=1S/C12H23NO3/c1-9(10-5-6-10)13(7-8-16-4)12(2,3)11(14)15/h9-10H,5-8H2,1-4H3,(H,14,15). The first-order valence-corrected chi connectivity index (χ1v) is 5.90. The van der Waals surface area contributed by atoms with Crippen molar-refractivity contribution in [1.82, 2.24) is 4.90 Å². The summed E-state index contributed by atoms with van der Waals surface area (Å²) in [5, 5.41) is 9.28. The number of carboxylic acid groups (broad SMARTS) is 1. The molecule has 0 bridgehead atoms. The quantitative estimate of drug-likeness (QED) is 0.720. The third kappa shape index (κ3) is 2.95. The molecule has 0 saturated heterocycles. The zero-order valence-electron chi connectivity index (χ0n) is 10.7. The number of ether oxygens (including phenoxy) is 1. The summed E-state index contributed by atoms with van der Waals surface area (Å²) in [5.41, 5.74) is -0.819. The Morgan fingerprint density at radius 2 is 2.12 bits per heavy atom. The lowest BCUT2D eigenvalue weighted by Gasteiger charge is -2.39. The van der Waals surface area contributed by atoms with Gasteiger partial charge < -0.3 is 9.84 Å². The summed E-state index contributed by atoms with van der Waals surface area (Å²) in [5.74, 6) is -0.105. The topological polar surface area (TPSA) is 49.8 Å². The van der Waals surface area contributed by atoms with Crippen LogP contribution in [0.25, 0.3) is 0 Å². The molecule has 0 aromatic heterocycles. The third-order valence-electron chi connectivity index (χ3n) is 3.57. The van der Waals surface area contributed by atoms with Gasteiger partial charge in [-0.1, -0.05) is 0 Å². The number of rotatable bonds is 7. The van der Waals surface area contributed by atoms with Crippen LogP contribution in [0.2, 0.25) is 0 Å². The third-order valence-corrected chi connectivity index (χ3v) is 3.57. The molecule has 0 spiro atoms. The van der Waals surface area contributed by atoms with Crippen LogP contribution < -0.4 is 0 Å². The molecule has 4 heteroatoms. The fourth-order valence-corrected chi connectivity index (χ4v) is 2.14. The number of nitrogens with zero attached hydrogens (tertiary/aromatic N) is 1. The van der Waals surface area contributed by atoms with Crippen molar-refractivity contribution in [1.29, 1.82) is 0 Å². The normalized spacial score (nSPS) is 18.8. The highest BCUT2D eigenvalue weighted by atomic mass is 16.5. The second kappa shape index (κ2) is 5.15. The Hall–Kier alpha value is -0.610. The van der Waals surface area contributed by atoms with Crippen molar-refractivity contribution in [2.45, 2.75) is 45.2 Å². The van der Waals surface area contributed by atoms with Crippen molar-refractivity contribution >= 4 is 5.97 Å². The van der Waals surface area contributed by atoms with Crippen molar-refractivity contribution in [3.05, 3.63) is 0 Å². The van der Waals surface area contributed by atoms with Crippen molar-refractivity contribution in [2.75, 3.05) is 20.3 Å². The molecule has 0 amide bonds. The van der Waals surface area contributed by atoms with Gasteiger partial charge in [0.1, 0.15) is 5.54 Å². The van der Waals surface area contributed by atoms with E-state index in [1.807, 2.05) is 0 Å².